The standard InChI is InChI=1S/C7H10O2/c1-3-4-7(5-8)6(2)9/h3,5,7H,1,4H2,2H3. The van der Waals surface area contributed by atoms with Crippen LogP contribution in [0.25, 0.3) is 0 Å². The zero-order valence-corrected chi connectivity index (χ0v) is 5.46. The van der Waals surface area contributed by atoms with Crippen LogP contribution in [0, 0.1) is 5.92 Å². The third kappa shape index (κ3) is 2.80. The van der Waals surface area contributed by atoms with Gasteiger partial charge in [-0.05, 0) is 13.3 Å². The molecule has 0 rings (SSSR count). The molecule has 1 unspecified atom stereocenters. The molecule has 0 amide bonds. The van der Waals surface area contributed by atoms with E-state index in [9.17, 15) is 9.59 Å². The Morgan fingerprint density at radius 3 is 2.44 bits per heavy atom. The summed E-state index contributed by atoms with van der Waals surface area (Å²) < 4.78 is 0. The Labute approximate surface area is 54.6 Å². The summed E-state index contributed by atoms with van der Waals surface area (Å²) in [4.78, 5) is 20.6. The lowest BCUT2D eigenvalue weighted by molar-refractivity contribution is -0.125. The van der Waals surface area contributed by atoms with Crippen LogP contribution in [-0.2, 0) is 9.59 Å². The Balaban J connectivity index is 3.81. The highest BCUT2D eigenvalue weighted by atomic mass is 16.1. The van der Waals surface area contributed by atoms with Crippen molar-refractivity contribution in [2.45, 2.75) is 13.3 Å². The largest absolute Gasteiger partial charge is 0.303 e. The van der Waals surface area contributed by atoms with E-state index in [4.69, 9.17) is 0 Å². The second kappa shape index (κ2) is 4.01. The minimum absolute atomic E-state index is 0.0927. The van der Waals surface area contributed by atoms with E-state index in [1.807, 2.05) is 0 Å². The molecular weight excluding hydrogens is 116 g/mol. The number of hydrogen-bond acceptors (Lipinski definition) is 2. The fraction of sp³-hybridized carbons (Fsp3) is 0.429. The molecule has 9 heavy (non-hydrogen) atoms. The maximum atomic E-state index is 10.5. The van der Waals surface area contributed by atoms with Crippen molar-refractivity contribution in [1.29, 1.82) is 0 Å². The topological polar surface area (TPSA) is 34.1 Å². The Hall–Kier alpha value is -0.920. The highest BCUT2D eigenvalue weighted by molar-refractivity contribution is 5.91. The van der Waals surface area contributed by atoms with Crippen molar-refractivity contribution in [3.05, 3.63) is 12.7 Å². The van der Waals surface area contributed by atoms with E-state index in [-0.39, 0.29) is 5.78 Å². The number of hydrogen-bond donors (Lipinski definition) is 0. The predicted octanol–water partition coefficient (Wildman–Crippen LogP) is 0.967. The molecule has 0 fully saturated rings. The highest BCUT2D eigenvalue weighted by Gasteiger charge is 2.08. The number of rotatable bonds is 4. The van der Waals surface area contributed by atoms with Crippen LogP contribution in [0.4, 0.5) is 0 Å². The van der Waals surface area contributed by atoms with Crippen molar-refractivity contribution in [2.24, 2.45) is 5.92 Å². The van der Waals surface area contributed by atoms with Gasteiger partial charge in [-0.15, -0.1) is 6.58 Å². The Kier molecular flexibility index (Phi) is 3.60. The molecule has 0 spiro atoms. The van der Waals surface area contributed by atoms with Crippen molar-refractivity contribution >= 4 is 12.1 Å². The van der Waals surface area contributed by atoms with Gasteiger partial charge in [0.15, 0.2) is 0 Å². The first kappa shape index (κ1) is 8.08. The first-order chi connectivity index (χ1) is 4.22. The number of carbonyl (C=O) groups excluding carboxylic acids is 2. The average Bonchev–Trinajstić information content (AvgIpc) is 1.82. The number of Topliss-reactive ketones (excluding diaryl/α,β-unsaturated/α-hetero) is 1. The third-order valence-corrected chi connectivity index (χ3v) is 1.11. The van der Waals surface area contributed by atoms with Crippen molar-refractivity contribution < 1.29 is 9.59 Å². The van der Waals surface area contributed by atoms with E-state index in [0.717, 1.165) is 0 Å². The van der Waals surface area contributed by atoms with Gasteiger partial charge < -0.3 is 4.79 Å². The molecule has 0 aromatic carbocycles. The van der Waals surface area contributed by atoms with Crippen LogP contribution in [-0.4, -0.2) is 12.1 Å². The van der Waals surface area contributed by atoms with Gasteiger partial charge in [0, 0.05) is 0 Å². The molecule has 2 heteroatoms. The third-order valence-electron chi connectivity index (χ3n) is 1.11. The molecule has 0 aliphatic heterocycles. The molecule has 0 saturated carbocycles. The SMILES string of the molecule is C=CCC(C=O)C(C)=O. The van der Waals surface area contributed by atoms with Gasteiger partial charge in [-0.1, -0.05) is 6.08 Å². The summed E-state index contributed by atoms with van der Waals surface area (Å²) in [5.74, 6) is -0.563. The van der Waals surface area contributed by atoms with Gasteiger partial charge in [0.25, 0.3) is 0 Å². The van der Waals surface area contributed by atoms with Gasteiger partial charge in [0.1, 0.15) is 12.1 Å². The Morgan fingerprint density at radius 2 is 2.33 bits per heavy atom. The molecule has 0 N–H and O–H groups in total. The van der Waals surface area contributed by atoms with Gasteiger partial charge in [0.05, 0.1) is 5.92 Å². The second-order valence-electron chi connectivity index (χ2n) is 1.88. The fourth-order valence-corrected chi connectivity index (χ4v) is 0.497. The summed E-state index contributed by atoms with van der Waals surface area (Å²) in [6, 6.07) is 0. The summed E-state index contributed by atoms with van der Waals surface area (Å²) in [5, 5.41) is 0. The Morgan fingerprint density at radius 1 is 1.78 bits per heavy atom. The summed E-state index contributed by atoms with van der Waals surface area (Å²) in [7, 11) is 0. The van der Waals surface area contributed by atoms with Gasteiger partial charge in [-0.25, -0.2) is 0 Å². The maximum Gasteiger partial charge on any atom is 0.140 e. The first-order valence-electron chi connectivity index (χ1n) is 2.79. The molecule has 0 bridgehead atoms. The molecule has 0 radical (unpaired) electrons. The summed E-state index contributed by atoms with van der Waals surface area (Å²) in [6.45, 7) is 4.83. The molecular formula is C7H10O2. The number of allylic oxidation sites excluding steroid dienone is 1. The van der Waals surface area contributed by atoms with Gasteiger partial charge in [-0.2, -0.15) is 0 Å². The van der Waals surface area contributed by atoms with E-state index in [1.54, 1.807) is 6.08 Å². The molecule has 0 aliphatic rings. The number of carbonyl (C=O) groups is 2. The van der Waals surface area contributed by atoms with Crippen LogP contribution in [0.15, 0.2) is 12.7 Å². The quantitative estimate of drug-likeness (QED) is 0.319. The van der Waals surface area contributed by atoms with Crippen LogP contribution >= 0.6 is 0 Å². The monoisotopic (exact) mass is 126 g/mol. The lowest BCUT2D eigenvalue weighted by Gasteiger charge is -1.98. The molecule has 2 nitrogen and oxygen atoms in total. The molecule has 0 aromatic rings. The second-order valence-corrected chi connectivity index (χ2v) is 1.88. The molecule has 0 heterocycles. The first-order valence-corrected chi connectivity index (χ1v) is 2.79. The Bertz CT molecular complexity index is 127. The lowest BCUT2D eigenvalue weighted by atomic mass is 10.0. The fourth-order valence-electron chi connectivity index (χ4n) is 0.497. The zero-order valence-electron chi connectivity index (χ0n) is 5.46. The molecule has 50 valence electrons. The van der Waals surface area contributed by atoms with Gasteiger partial charge in [0.2, 0.25) is 0 Å². The van der Waals surface area contributed by atoms with Crippen LogP contribution < -0.4 is 0 Å². The number of ketones is 1. The molecule has 1 atom stereocenters. The lowest BCUT2D eigenvalue weighted by Crippen LogP contribution is -2.10. The molecule has 0 saturated heterocycles. The van der Waals surface area contributed by atoms with Gasteiger partial charge in [-0.3, -0.25) is 4.79 Å². The van der Waals surface area contributed by atoms with E-state index >= 15 is 0 Å². The minimum atomic E-state index is -0.470. The van der Waals surface area contributed by atoms with Crippen molar-refractivity contribution in [1.82, 2.24) is 0 Å². The maximum absolute atomic E-state index is 10.5. The normalized spacial score (nSPS) is 12.1. The van der Waals surface area contributed by atoms with E-state index < -0.39 is 5.92 Å². The van der Waals surface area contributed by atoms with Gasteiger partial charge >= 0.3 is 0 Å². The molecule has 0 aromatic heterocycles. The van der Waals surface area contributed by atoms with E-state index in [1.165, 1.54) is 6.92 Å². The summed E-state index contributed by atoms with van der Waals surface area (Å²) >= 11 is 0. The zero-order chi connectivity index (χ0) is 7.28. The highest BCUT2D eigenvalue weighted by Crippen LogP contribution is 1.99. The van der Waals surface area contributed by atoms with E-state index in [0.29, 0.717) is 12.7 Å². The predicted molar refractivity (Wildman–Crippen MR) is 35.0 cm³/mol. The van der Waals surface area contributed by atoms with Crippen molar-refractivity contribution in [3.8, 4) is 0 Å². The van der Waals surface area contributed by atoms with Crippen molar-refractivity contribution in [3.63, 3.8) is 0 Å². The van der Waals surface area contributed by atoms with Crippen molar-refractivity contribution in [2.75, 3.05) is 0 Å². The number of aldehydes is 1. The smallest absolute Gasteiger partial charge is 0.140 e. The minimum Gasteiger partial charge on any atom is -0.303 e. The van der Waals surface area contributed by atoms with Crippen LogP contribution in [0.1, 0.15) is 13.3 Å². The summed E-state index contributed by atoms with van der Waals surface area (Å²) in [6.07, 6.45) is 2.68. The van der Waals surface area contributed by atoms with Crippen LogP contribution in [0.5, 0.6) is 0 Å². The average molecular weight is 126 g/mol. The molecule has 0 aliphatic carbocycles. The van der Waals surface area contributed by atoms with Crippen LogP contribution in [0.3, 0.4) is 0 Å². The van der Waals surface area contributed by atoms with Crippen LogP contribution in [0.2, 0.25) is 0 Å². The summed E-state index contributed by atoms with van der Waals surface area (Å²) in [5.41, 5.74) is 0. The van der Waals surface area contributed by atoms with E-state index in [2.05, 4.69) is 6.58 Å².